The average Bonchev–Trinajstić information content (AvgIpc) is 3.32. The number of ether oxygens (including phenoxy) is 6. The van der Waals surface area contributed by atoms with Gasteiger partial charge in [0, 0.05) is 58.7 Å². The Kier molecular flexibility index (Phi) is 52.7. The highest BCUT2D eigenvalue weighted by molar-refractivity contribution is 5.87. The molecule has 396 valence electrons. The zero-order valence-corrected chi connectivity index (χ0v) is 43.5. The van der Waals surface area contributed by atoms with Crippen molar-refractivity contribution in [3.05, 3.63) is 0 Å². The first-order chi connectivity index (χ1) is 32.9. The van der Waals surface area contributed by atoms with Crippen LogP contribution in [0.25, 0.3) is 0 Å². The normalized spacial score (nSPS) is 11.7. The van der Waals surface area contributed by atoms with Crippen LogP contribution in [0.1, 0.15) is 213 Å². The summed E-state index contributed by atoms with van der Waals surface area (Å²) in [6, 6.07) is -0.597. The van der Waals surface area contributed by atoms with Gasteiger partial charge in [-0.1, -0.05) is 142 Å². The minimum atomic E-state index is -0.597. The summed E-state index contributed by atoms with van der Waals surface area (Å²) >= 11 is 0. The number of carbonyl (C=O) groups is 4. The second kappa shape index (κ2) is 54.6. The number of hydrogen-bond acceptors (Lipinski definition) is 10. The molecule has 0 fully saturated rings. The Morgan fingerprint density at radius 1 is 0.328 bits per heavy atom. The van der Waals surface area contributed by atoms with Gasteiger partial charge in [0.25, 0.3) is 0 Å². The van der Waals surface area contributed by atoms with Crippen LogP contribution in [0.2, 0.25) is 0 Å². The molecule has 0 aliphatic rings. The van der Waals surface area contributed by atoms with Gasteiger partial charge in [-0.15, -0.1) is 0 Å². The fourth-order valence-corrected chi connectivity index (χ4v) is 7.51. The molecule has 4 amide bonds. The van der Waals surface area contributed by atoms with E-state index in [-0.39, 0.29) is 23.6 Å². The van der Waals surface area contributed by atoms with Crippen LogP contribution in [0.3, 0.4) is 0 Å². The van der Waals surface area contributed by atoms with Crippen LogP contribution in [0.15, 0.2) is 0 Å². The Morgan fingerprint density at radius 3 is 1.15 bits per heavy atom. The molecule has 0 radical (unpaired) electrons. The molecule has 4 N–H and O–H groups in total. The van der Waals surface area contributed by atoms with E-state index < -0.39 is 6.04 Å². The van der Waals surface area contributed by atoms with Crippen molar-refractivity contribution in [3.63, 3.8) is 0 Å². The van der Waals surface area contributed by atoms with E-state index in [9.17, 15) is 19.2 Å². The summed E-state index contributed by atoms with van der Waals surface area (Å²) in [5.41, 5.74) is 0. The topological polar surface area (TPSA) is 172 Å². The summed E-state index contributed by atoms with van der Waals surface area (Å²) in [6.07, 6.45) is 32.0. The maximum atomic E-state index is 13.2. The van der Waals surface area contributed by atoms with Crippen LogP contribution in [-0.2, 0) is 47.6 Å². The van der Waals surface area contributed by atoms with Crippen molar-refractivity contribution >= 4 is 23.6 Å². The summed E-state index contributed by atoms with van der Waals surface area (Å²) in [6.45, 7) is 13.9. The lowest BCUT2D eigenvalue weighted by Crippen LogP contribution is -2.47. The zero-order valence-electron chi connectivity index (χ0n) is 43.5. The van der Waals surface area contributed by atoms with Gasteiger partial charge in [0.05, 0.1) is 59.5 Å². The number of hydrogen-bond donors (Lipinski definition) is 4. The van der Waals surface area contributed by atoms with E-state index in [0.717, 1.165) is 44.9 Å². The van der Waals surface area contributed by atoms with Crippen LogP contribution in [0, 0.1) is 0 Å². The van der Waals surface area contributed by atoms with Crippen LogP contribution < -0.4 is 21.3 Å². The first-order valence-corrected chi connectivity index (χ1v) is 27.5. The molecule has 0 bridgehead atoms. The van der Waals surface area contributed by atoms with Gasteiger partial charge >= 0.3 is 0 Å². The standard InChI is InChI=1S/C53H104N4O10/c1-4-7-9-11-13-15-17-19-21-23-25-32-50(58)54-35-28-27-31-49(57-52(60)33-26-24-22-20-18-16-14-12-10-8-5-2)53(61)56-37-30-39-64-44-47-67-46-43-63-38-29-36-55-51(59)34-40-65-45-48-66-42-41-62-6-3/h49H,4-48H2,1-3H3,(H,54,58)(H,55,59)(H,56,61)(H,57,60)/t49-/m1/s1. The van der Waals surface area contributed by atoms with E-state index in [4.69, 9.17) is 28.4 Å². The van der Waals surface area contributed by atoms with Gasteiger partial charge in [-0.2, -0.15) is 0 Å². The summed E-state index contributed by atoms with van der Waals surface area (Å²) in [4.78, 5) is 50.5. The smallest absolute Gasteiger partial charge is 0.242 e. The zero-order chi connectivity index (χ0) is 48.8. The molecular weight excluding hydrogens is 853 g/mol. The van der Waals surface area contributed by atoms with Gasteiger partial charge < -0.3 is 49.7 Å². The fraction of sp³-hybridized carbons (Fsp3) is 0.925. The van der Waals surface area contributed by atoms with Crippen molar-refractivity contribution in [2.45, 2.75) is 219 Å². The van der Waals surface area contributed by atoms with E-state index >= 15 is 0 Å². The Balaban J connectivity index is 4.19. The van der Waals surface area contributed by atoms with Gasteiger partial charge in [0.2, 0.25) is 23.6 Å². The first kappa shape index (κ1) is 64.6. The molecule has 0 spiro atoms. The Labute approximate surface area is 409 Å². The number of unbranched alkanes of at least 4 members (excludes halogenated alkanes) is 21. The summed E-state index contributed by atoms with van der Waals surface area (Å²) in [7, 11) is 0. The lowest BCUT2D eigenvalue weighted by molar-refractivity contribution is -0.129. The van der Waals surface area contributed by atoms with Crippen molar-refractivity contribution in [1.29, 1.82) is 0 Å². The second-order valence-corrected chi connectivity index (χ2v) is 17.9. The second-order valence-electron chi connectivity index (χ2n) is 17.9. The molecule has 0 aliphatic heterocycles. The summed E-state index contributed by atoms with van der Waals surface area (Å²) in [5, 5.41) is 11.9. The Bertz CT molecular complexity index is 1090. The molecule has 1 atom stereocenters. The molecular formula is C53H104N4O10. The maximum absolute atomic E-state index is 13.2. The molecule has 0 unspecified atom stereocenters. The number of amides is 4. The van der Waals surface area contributed by atoms with Gasteiger partial charge in [-0.3, -0.25) is 19.2 Å². The van der Waals surface area contributed by atoms with Crippen LogP contribution in [0.5, 0.6) is 0 Å². The van der Waals surface area contributed by atoms with Gasteiger partial charge in [-0.25, -0.2) is 0 Å². The van der Waals surface area contributed by atoms with E-state index in [2.05, 4.69) is 35.1 Å². The minimum absolute atomic E-state index is 0.0461. The third-order valence-electron chi connectivity index (χ3n) is 11.6. The molecule has 0 aromatic carbocycles. The van der Waals surface area contributed by atoms with E-state index in [1.165, 1.54) is 109 Å². The molecule has 0 aromatic rings. The number of rotatable bonds is 55. The summed E-state index contributed by atoms with van der Waals surface area (Å²) in [5.74, 6) is -0.186. The molecule has 0 rings (SSSR count). The summed E-state index contributed by atoms with van der Waals surface area (Å²) < 4.78 is 32.9. The van der Waals surface area contributed by atoms with Crippen LogP contribution in [0.4, 0.5) is 0 Å². The first-order valence-electron chi connectivity index (χ1n) is 27.5. The Morgan fingerprint density at radius 2 is 0.687 bits per heavy atom. The molecule has 0 saturated carbocycles. The van der Waals surface area contributed by atoms with E-state index in [1.807, 2.05) is 6.92 Å². The largest absolute Gasteiger partial charge is 0.379 e. The SMILES string of the molecule is CCCCCCCCCCCCCC(=O)NCCCC[C@@H](NC(=O)CCCCCCCCCCCCC)C(=O)NCCCOCCOCCOCCCNC(=O)CCOCCOCCOCC. The van der Waals surface area contributed by atoms with Gasteiger partial charge in [0.1, 0.15) is 6.04 Å². The number of carbonyl (C=O) groups excluding carboxylic acids is 4. The van der Waals surface area contributed by atoms with Gasteiger partial charge in [-0.05, 0) is 51.9 Å². The fourth-order valence-electron chi connectivity index (χ4n) is 7.51. The number of nitrogens with one attached hydrogen (secondary N) is 4. The van der Waals surface area contributed by atoms with E-state index in [0.29, 0.717) is 137 Å². The lowest BCUT2D eigenvalue weighted by atomic mass is 10.0. The van der Waals surface area contributed by atoms with Crippen molar-refractivity contribution in [1.82, 2.24) is 21.3 Å². The predicted octanol–water partition coefficient (Wildman–Crippen LogP) is 9.68. The van der Waals surface area contributed by atoms with Gasteiger partial charge in [0.15, 0.2) is 0 Å². The van der Waals surface area contributed by atoms with Crippen LogP contribution in [-0.4, -0.2) is 129 Å². The lowest BCUT2D eigenvalue weighted by Gasteiger charge is -2.19. The van der Waals surface area contributed by atoms with E-state index in [1.54, 1.807) is 0 Å². The predicted molar refractivity (Wildman–Crippen MR) is 271 cm³/mol. The maximum Gasteiger partial charge on any atom is 0.242 e. The molecule has 14 nitrogen and oxygen atoms in total. The quantitative estimate of drug-likeness (QED) is 0.0431. The van der Waals surface area contributed by atoms with Crippen molar-refractivity contribution in [2.75, 3.05) is 98.9 Å². The highest BCUT2D eigenvalue weighted by Crippen LogP contribution is 2.14. The third-order valence-corrected chi connectivity index (χ3v) is 11.6. The molecule has 0 heterocycles. The highest BCUT2D eigenvalue weighted by Gasteiger charge is 2.20. The molecule has 14 heteroatoms. The molecule has 0 saturated heterocycles. The molecule has 0 aromatic heterocycles. The van der Waals surface area contributed by atoms with Crippen molar-refractivity contribution < 1.29 is 47.6 Å². The molecule has 0 aliphatic carbocycles. The molecule has 67 heavy (non-hydrogen) atoms. The monoisotopic (exact) mass is 957 g/mol. The third kappa shape index (κ3) is 51.3. The van der Waals surface area contributed by atoms with Crippen molar-refractivity contribution in [2.24, 2.45) is 0 Å². The minimum Gasteiger partial charge on any atom is -0.379 e. The highest BCUT2D eigenvalue weighted by atomic mass is 16.5. The average molecular weight is 957 g/mol. The Hall–Kier alpha value is -2.36. The van der Waals surface area contributed by atoms with Crippen LogP contribution >= 0.6 is 0 Å². The van der Waals surface area contributed by atoms with Crippen molar-refractivity contribution in [3.8, 4) is 0 Å².